The Balaban J connectivity index is 1.38. The van der Waals surface area contributed by atoms with Crippen LogP contribution in [0.3, 0.4) is 0 Å². The summed E-state index contributed by atoms with van der Waals surface area (Å²) in [6.45, 7) is 3.71. The van der Waals surface area contributed by atoms with Gasteiger partial charge in [-0.1, -0.05) is 11.2 Å². The number of hydrogen-bond donors (Lipinski definition) is 1. The highest BCUT2D eigenvalue weighted by Crippen LogP contribution is 2.32. The molecule has 0 aliphatic carbocycles. The monoisotopic (exact) mass is 349 g/mol. The summed E-state index contributed by atoms with van der Waals surface area (Å²) in [4.78, 5) is 15.1. The number of aromatic nitrogens is 4. The zero-order valence-electron chi connectivity index (χ0n) is 14.5. The number of benzene rings is 1. The molecule has 0 saturated carbocycles. The van der Waals surface area contributed by atoms with Crippen LogP contribution in [0.4, 0.5) is 0 Å². The normalized spacial score (nSPS) is 18.1. The molecular formula is C19H19N5O2. The van der Waals surface area contributed by atoms with E-state index in [0.29, 0.717) is 24.0 Å². The lowest BCUT2D eigenvalue weighted by Crippen LogP contribution is -2.24. The number of nitrogens with zero attached hydrogens (tertiary/aromatic N) is 4. The van der Waals surface area contributed by atoms with Gasteiger partial charge >= 0.3 is 0 Å². The first-order valence-corrected chi connectivity index (χ1v) is 8.83. The predicted molar refractivity (Wildman–Crippen MR) is 95.2 cm³/mol. The molecule has 26 heavy (non-hydrogen) atoms. The lowest BCUT2D eigenvalue weighted by molar-refractivity contribution is 0.231. The molecule has 1 aliphatic rings. The van der Waals surface area contributed by atoms with Crippen LogP contribution in [-0.4, -0.2) is 31.6 Å². The van der Waals surface area contributed by atoms with Crippen molar-refractivity contribution < 1.29 is 8.94 Å². The summed E-state index contributed by atoms with van der Waals surface area (Å²) in [5.74, 6) is 2.68. The molecule has 0 radical (unpaired) electrons. The summed E-state index contributed by atoms with van der Waals surface area (Å²) in [5, 5.41) is 4.10. The first-order chi connectivity index (χ1) is 12.8. The number of aromatic amines is 1. The van der Waals surface area contributed by atoms with Crippen molar-refractivity contribution in [1.29, 1.82) is 0 Å². The van der Waals surface area contributed by atoms with Crippen LogP contribution >= 0.6 is 0 Å². The molecular weight excluding hydrogens is 330 g/mol. The topological polar surface area (TPSA) is 84.0 Å². The zero-order valence-corrected chi connectivity index (χ0v) is 14.5. The Bertz CT molecular complexity index is 1030. The number of aryl methyl sites for hydroxylation is 1. The van der Waals surface area contributed by atoms with Crippen molar-refractivity contribution in [2.75, 3.05) is 6.54 Å². The van der Waals surface area contributed by atoms with E-state index >= 15 is 0 Å². The lowest BCUT2D eigenvalue weighted by Gasteiger charge is -2.20. The molecule has 1 aromatic carbocycles. The van der Waals surface area contributed by atoms with E-state index < -0.39 is 0 Å². The van der Waals surface area contributed by atoms with Gasteiger partial charge < -0.3 is 13.9 Å². The van der Waals surface area contributed by atoms with E-state index in [-0.39, 0.29) is 6.04 Å². The fourth-order valence-electron chi connectivity index (χ4n) is 3.63. The SMILES string of the molecule is Cc1ccc2nc([C@H]3CCCN3Cc3noc(-c4ccco4)n3)[nH]c2c1. The van der Waals surface area contributed by atoms with Gasteiger partial charge in [-0.3, -0.25) is 4.90 Å². The summed E-state index contributed by atoms with van der Waals surface area (Å²) < 4.78 is 10.6. The third-order valence-corrected chi connectivity index (χ3v) is 4.88. The minimum Gasteiger partial charge on any atom is -0.459 e. The van der Waals surface area contributed by atoms with Crippen molar-refractivity contribution in [3.8, 4) is 11.7 Å². The molecule has 0 amide bonds. The summed E-state index contributed by atoms with van der Waals surface area (Å²) in [5.41, 5.74) is 3.33. The largest absolute Gasteiger partial charge is 0.459 e. The summed E-state index contributed by atoms with van der Waals surface area (Å²) in [7, 11) is 0. The molecule has 1 fully saturated rings. The molecule has 1 aliphatic heterocycles. The van der Waals surface area contributed by atoms with Gasteiger partial charge in [-0.15, -0.1) is 0 Å². The van der Waals surface area contributed by atoms with Crippen LogP contribution in [0.15, 0.2) is 45.5 Å². The highest BCUT2D eigenvalue weighted by Gasteiger charge is 2.30. The fraction of sp³-hybridized carbons (Fsp3) is 0.316. The standard InChI is InChI=1S/C19H19N5O2/c1-12-6-7-13-14(10-12)21-18(20-13)15-4-2-8-24(15)11-17-22-19(26-23-17)16-5-3-9-25-16/h3,5-7,9-10,15H,2,4,8,11H2,1H3,(H,20,21)/t15-/m1/s1. The van der Waals surface area contributed by atoms with Crippen molar-refractivity contribution in [2.24, 2.45) is 0 Å². The number of nitrogens with one attached hydrogen (secondary N) is 1. The Labute approximate surface area is 150 Å². The van der Waals surface area contributed by atoms with Gasteiger partial charge in [0.05, 0.1) is 29.9 Å². The highest BCUT2D eigenvalue weighted by atomic mass is 16.5. The first kappa shape index (κ1) is 15.3. The van der Waals surface area contributed by atoms with Crippen LogP contribution in [0.2, 0.25) is 0 Å². The second kappa shape index (κ2) is 6.10. The minimum absolute atomic E-state index is 0.244. The summed E-state index contributed by atoms with van der Waals surface area (Å²) >= 11 is 0. The second-order valence-corrected chi connectivity index (χ2v) is 6.76. The molecule has 0 spiro atoms. The van der Waals surface area contributed by atoms with Crippen molar-refractivity contribution in [1.82, 2.24) is 25.0 Å². The maximum atomic E-state index is 5.32. The van der Waals surface area contributed by atoms with Gasteiger partial charge in [0.2, 0.25) is 0 Å². The van der Waals surface area contributed by atoms with Crippen molar-refractivity contribution in [3.05, 3.63) is 53.8 Å². The van der Waals surface area contributed by atoms with Crippen LogP contribution in [-0.2, 0) is 6.54 Å². The summed E-state index contributed by atoms with van der Waals surface area (Å²) in [6, 6.07) is 10.2. The number of likely N-dealkylation sites (tertiary alicyclic amines) is 1. The summed E-state index contributed by atoms with van der Waals surface area (Å²) in [6.07, 6.45) is 3.80. The first-order valence-electron chi connectivity index (χ1n) is 8.83. The maximum absolute atomic E-state index is 5.32. The van der Waals surface area contributed by atoms with Crippen molar-refractivity contribution >= 4 is 11.0 Å². The number of rotatable bonds is 4. The Morgan fingerprint density at radius 1 is 1.27 bits per heavy atom. The van der Waals surface area contributed by atoms with E-state index in [1.165, 1.54) is 5.56 Å². The number of hydrogen-bond acceptors (Lipinski definition) is 6. The molecule has 7 nitrogen and oxygen atoms in total. The number of H-pyrrole nitrogens is 1. The molecule has 5 rings (SSSR count). The molecule has 4 heterocycles. The van der Waals surface area contributed by atoms with Gasteiger partial charge in [-0.25, -0.2) is 4.98 Å². The zero-order chi connectivity index (χ0) is 17.5. The second-order valence-electron chi connectivity index (χ2n) is 6.76. The van der Waals surface area contributed by atoms with Crippen LogP contribution in [0.25, 0.3) is 22.7 Å². The predicted octanol–water partition coefficient (Wildman–Crippen LogP) is 3.85. The van der Waals surface area contributed by atoms with E-state index in [1.807, 2.05) is 6.07 Å². The van der Waals surface area contributed by atoms with Gasteiger partial charge in [0.15, 0.2) is 11.6 Å². The fourth-order valence-corrected chi connectivity index (χ4v) is 3.63. The molecule has 4 aromatic rings. The van der Waals surface area contributed by atoms with E-state index in [9.17, 15) is 0 Å². The molecule has 1 atom stereocenters. The van der Waals surface area contributed by atoms with Gasteiger partial charge in [0, 0.05) is 0 Å². The molecule has 7 heteroatoms. The molecule has 1 saturated heterocycles. The molecule has 0 unspecified atom stereocenters. The number of fused-ring (bicyclic) bond motifs is 1. The third-order valence-electron chi connectivity index (χ3n) is 4.88. The lowest BCUT2D eigenvalue weighted by atomic mass is 10.2. The maximum Gasteiger partial charge on any atom is 0.293 e. The van der Waals surface area contributed by atoms with Crippen LogP contribution in [0, 0.1) is 6.92 Å². The van der Waals surface area contributed by atoms with Gasteiger partial charge in [-0.2, -0.15) is 4.98 Å². The Kier molecular flexibility index (Phi) is 3.60. The van der Waals surface area contributed by atoms with Crippen LogP contribution in [0.5, 0.6) is 0 Å². The highest BCUT2D eigenvalue weighted by molar-refractivity contribution is 5.75. The number of imidazole rings is 1. The van der Waals surface area contributed by atoms with E-state index in [1.54, 1.807) is 12.3 Å². The molecule has 3 aromatic heterocycles. The van der Waals surface area contributed by atoms with Crippen molar-refractivity contribution in [3.63, 3.8) is 0 Å². The number of furan rings is 1. The van der Waals surface area contributed by atoms with Gasteiger partial charge in [0.1, 0.15) is 5.82 Å². The van der Waals surface area contributed by atoms with E-state index in [0.717, 1.165) is 36.2 Å². The Morgan fingerprint density at radius 3 is 3.12 bits per heavy atom. The minimum atomic E-state index is 0.244. The Morgan fingerprint density at radius 2 is 2.23 bits per heavy atom. The third kappa shape index (κ3) is 2.70. The molecule has 1 N–H and O–H groups in total. The quantitative estimate of drug-likeness (QED) is 0.602. The Hall–Kier alpha value is -2.93. The van der Waals surface area contributed by atoms with E-state index in [4.69, 9.17) is 13.9 Å². The van der Waals surface area contributed by atoms with Crippen molar-refractivity contribution in [2.45, 2.75) is 32.4 Å². The molecule has 0 bridgehead atoms. The van der Waals surface area contributed by atoms with Crippen LogP contribution in [0.1, 0.15) is 36.1 Å². The average molecular weight is 349 g/mol. The smallest absolute Gasteiger partial charge is 0.293 e. The van der Waals surface area contributed by atoms with Gasteiger partial charge in [0.25, 0.3) is 5.89 Å². The van der Waals surface area contributed by atoms with E-state index in [2.05, 4.69) is 45.1 Å². The van der Waals surface area contributed by atoms with Gasteiger partial charge in [-0.05, 0) is 56.1 Å². The van der Waals surface area contributed by atoms with Crippen LogP contribution < -0.4 is 0 Å². The average Bonchev–Trinajstić information content (AvgIpc) is 3.41. The molecule has 132 valence electrons.